The molecule has 0 spiro atoms. The van der Waals surface area contributed by atoms with Gasteiger partial charge in [0.1, 0.15) is 0 Å². The second-order valence-electron chi connectivity index (χ2n) is 15.0. The van der Waals surface area contributed by atoms with E-state index in [1.54, 1.807) is 12.3 Å². The normalized spacial score (nSPS) is 13.0. The second kappa shape index (κ2) is 13.2. The monoisotopic (exact) mass is 804 g/mol. The Kier molecular flexibility index (Phi) is 9.62. The van der Waals surface area contributed by atoms with Crippen molar-refractivity contribution in [2.75, 3.05) is 0 Å². The first-order valence-corrected chi connectivity index (χ1v) is 16.2. The van der Waals surface area contributed by atoms with Crippen molar-refractivity contribution >= 4 is 10.8 Å². The zero-order valence-corrected chi connectivity index (χ0v) is 31.4. The minimum absolute atomic E-state index is 0. The summed E-state index contributed by atoms with van der Waals surface area (Å²) in [5, 5.41) is 11.8. The molecule has 0 unspecified atom stereocenters. The Morgan fingerprint density at radius 3 is 2.04 bits per heavy atom. The Morgan fingerprint density at radius 1 is 0.688 bits per heavy atom. The van der Waals surface area contributed by atoms with Gasteiger partial charge in [0.15, 0.2) is 0 Å². The van der Waals surface area contributed by atoms with Crippen molar-refractivity contribution in [3.05, 3.63) is 143 Å². The van der Waals surface area contributed by atoms with E-state index in [4.69, 9.17) is 0 Å². The molecule has 0 aliphatic heterocycles. The molecule has 3 nitrogen and oxygen atoms in total. The molecule has 7 rings (SSSR count). The number of aromatic nitrogens is 2. The van der Waals surface area contributed by atoms with Gasteiger partial charge in [0.25, 0.3) is 0 Å². The van der Waals surface area contributed by atoms with E-state index in [1.165, 1.54) is 44.2 Å². The summed E-state index contributed by atoms with van der Waals surface area (Å²) in [6, 6.07) is 40.4. The minimum atomic E-state index is -0.109. The molecule has 1 aliphatic carbocycles. The largest absolute Gasteiger partial charge is 0.305 e. The quantitative estimate of drug-likeness (QED) is 0.164. The van der Waals surface area contributed by atoms with E-state index in [0.29, 0.717) is 5.56 Å². The number of rotatable bonds is 2. The molecule has 0 bridgehead atoms. The van der Waals surface area contributed by atoms with E-state index >= 15 is 0 Å². The Morgan fingerprint density at radius 2 is 1.40 bits per heavy atom. The smallest absolute Gasteiger partial charge is 0.0984 e. The van der Waals surface area contributed by atoms with Gasteiger partial charge < -0.3 is 9.97 Å². The van der Waals surface area contributed by atoms with Crippen LogP contribution in [-0.4, -0.2) is 9.97 Å². The molecule has 4 aromatic carbocycles. The van der Waals surface area contributed by atoms with E-state index in [-0.39, 0.29) is 36.4 Å². The number of fused-ring (bicyclic) bond motifs is 5. The third-order valence-corrected chi connectivity index (χ3v) is 9.22. The Balaban J connectivity index is 0.000000193. The van der Waals surface area contributed by atoms with Gasteiger partial charge in [0, 0.05) is 38.1 Å². The molecule has 0 atom stereocenters. The maximum atomic E-state index is 9.18. The molecule has 2 aromatic heterocycles. The minimum Gasteiger partial charge on any atom is -0.305 e. The molecule has 2 heterocycles. The fourth-order valence-electron chi connectivity index (χ4n) is 6.38. The number of nitrogens with zero attached hydrogens (tertiary/aromatic N) is 3. The van der Waals surface area contributed by atoms with Crippen LogP contribution >= 0.6 is 0 Å². The number of hydrogen-bond acceptors (Lipinski definition) is 3. The molecule has 4 heteroatoms. The van der Waals surface area contributed by atoms with Gasteiger partial charge in [-0.25, -0.2) is 0 Å². The summed E-state index contributed by atoms with van der Waals surface area (Å²) >= 11 is 0. The van der Waals surface area contributed by atoms with Crippen LogP contribution < -0.4 is 0 Å². The van der Waals surface area contributed by atoms with E-state index in [1.807, 2.05) is 12.3 Å². The molecule has 6 aromatic rings. The van der Waals surface area contributed by atoms with Crippen molar-refractivity contribution in [2.45, 2.75) is 71.6 Å². The van der Waals surface area contributed by atoms with Crippen LogP contribution in [0.5, 0.6) is 0 Å². The molecule has 0 N–H and O–H groups in total. The zero-order chi connectivity index (χ0) is 33.6. The summed E-state index contributed by atoms with van der Waals surface area (Å²) in [4.78, 5) is 9.02. The molecular weight excluding hydrogens is 763 g/mol. The Bertz CT molecular complexity index is 2070. The van der Waals surface area contributed by atoms with Crippen LogP contribution in [0.25, 0.3) is 44.4 Å². The van der Waals surface area contributed by atoms with Crippen LogP contribution in [0.2, 0.25) is 0 Å². The first kappa shape index (κ1) is 34.9. The molecule has 0 fully saturated rings. The van der Waals surface area contributed by atoms with Crippen LogP contribution in [0, 0.1) is 23.5 Å². The van der Waals surface area contributed by atoms with Gasteiger partial charge in [0.05, 0.1) is 6.07 Å². The Hall–Kier alpha value is -4.42. The maximum Gasteiger partial charge on any atom is 0.0984 e. The van der Waals surface area contributed by atoms with Crippen molar-refractivity contribution in [1.82, 2.24) is 9.97 Å². The van der Waals surface area contributed by atoms with E-state index in [9.17, 15) is 5.26 Å². The summed E-state index contributed by atoms with van der Waals surface area (Å²) in [5.74, 6) is 0. The summed E-state index contributed by atoms with van der Waals surface area (Å²) in [6.07, 6.45) is 3.66. The standard InChI is InChI=1S/C25H17N2.C19H24N.Ir/c1-25(2)22-14-18(23-13-16(15-26)11-12-27-23)8-9-20(22)21-10-7-17-5-3-4-6-19(17)24(21)25;1-18(2,3)15-9-7-14(8-10-15)17-12-11-16(13-20-17)19(4,5)6;/h3-7,9-14H,1-2H3;7,9-13H,1-6H3;/q2*-1;. The number of benzene rings is 4. The fraction of sp³-hybridized carbons (Fsp3) is 0.250. The summed E-state index contributed by atoms with van der Waals surface area (Å²) in [5.41, 5.74) is 12.3. The van der Waals surface area contributed by atoms with E-state index < -0.39 is 0 Å². The molecule has 0 amide bonds. The molecule has 1 aliphatic rings. The van der Waals surface area contributed by atoms with Gasteiger partial charge in [-0.3, -0.25) is 0 Å². The number of hydrogen-bond donors (Lipinski definition) is 0. The molecular formula is C44H41IrN3-2. The van der Waals surface area contributed by atoms with Gasteiger partial charge in [-0.1, -0.05) is 121 Å². The number of pyridine rings is 2. The van der Waals surface area contributed by atoms with Crippen LogP contribution in [0.1, 0.15) is 83.2 Å². The van der Waals surface area contributed by atoms with E-state index in [0.717, 1.165) is 22.5 Å². The van der Waals surface area contributed by atoms with Gasteiger partial charge in [-0.05, 0) is 55.6 Å². The van der Waals surface area contributed by atoms with Crippen LogP contribution in [0.4, 0.5) is 0 Å². The van der Waals surface area contributed by atoms with Crippen molar-refractivity contribution in [3.63, 3.8) is 0 Å². The Labute approximate surface area is 299 Å². The average molecular weight is 804 g/mol. The topological polar surface area (TPSA) is 49.6 Å². The fourth-order valence-corrected chi connectivity index (χ4v) is 6.38. The molecule has 48 heavy (non-hydrogen) atoms. The molecule has 243 valence electrons. The molecule has 0 saturated carbocycles. The van der Waals surface area contributed by atoms with Crippen molar-refractivity contribution in [3.8, 4) is 39.7 Å². The third-order valence-electron chi connectivity index (χ3n) is 9.22. The summed E-state index contributed by atoms with van der Waals surface area (Å²) in [7, 11) is 0. The molecule has 0 saturated heterocycles. The third kappa shape index (κ3) is 6.77. The van der Waals surface area contributed by atoms with Gasteiger partial charge in [-0.2, -0.15) is 5.26 Å². The predicted molar refractivity (Wildman–Crippen MR) is 194 cm³/mol. The summed E-state index contributed by atoms with van der Waals surface area (Å²) in [6.45, 7) is 17.8. The summed E-state index contributed by atoms with van der Waals surface area (Å²) < 4.78 is 0. The van der Waals surface area contributed by atoms with Crippen LogP contribution in [-0.2, 0) is 36.4 Å². The molecule has 1 radical (unpaired) electrons. The SMILES string of the molecule is CC(C)(C)c1c[c-]c(-c2ccc(C(C)(C)C)cn2)cc1.CC1(C)c2cc(-c3cc(C#N)ccn3)[c-]cc2-c2ccc3ccccc3c21.[Ir]. The van der Waals surface area contributed by atoms with Crippen molar-refractivity contribution in [1.29, 1.82) is 5.26 Å². The van der Waals surface area contributed by atoms with Gasteiger partial charge in [0.2, 0.25) is 0 Å². The second-order valence-corrected chi connectivity index (χ2v) is 15.0. The van der Waals surface area contributed by atoms with Crippen LogP contribution in [0.15, 0.2) is 103 Å². The first-order chi connectivity index (χ1) is 22.3. The predicted octanol–water partition coefficient (Wildman–Crippen LogP) is 11.0. The van der Waals surface area contributed by atoms with Crippen molar-refractivity contribution < 1.29 is 20.1 Å². The van der Waals surface area contributed by atoms with Crippen molar-refractivity contribution in [2.24, 2.45) is 0 Å². The van der Waals surface area contributed by atoms with Gasteiger partial charge >= 0.3 is 0 Å². The van der Waals surface area contributed by atoms with Crippen LogP contribution in [0.3, 0.4) is 0 Å². The average Bonchev–Trinajstić information content (AvgIpc) is 3.30. The first-order valence-electron chi connectivity index (χ1n) is 16.2. The van der Waals surface area contributed by atoms with E-state index in [2.05, 4.69) is 162 Å². The zero-order valence-electron chi connectivity index (χ0n) is 29.0. The maximum absolute atomic E-state index is 9.18. The number of nitriles is 1. The van der Waals surface area contributed by atoms with Gasteiger partial charge in [-0.15, -0.1) is 64.7 Å².